The number of thiophene rings is 1. The van der Waals surface area contributed by atoms with Crippen molar-refractivity contribution in [3.63, 3.8) is 0 Å². The van der Waals surface area contributed by atoms with E-state index in [0.717, 1.165) is 39.4 Å². The maximum atomic E-state index is 13.7. The largest absolute Gasteiger partial charge is 0.352 e. The highest BCUT2D eigenvalue weighted by atomic mass is 35.5. The fourth-order valence-corrected chi connectivity index (χ4v) is 6.74. The second-order valence-electron chi connectivity index (χ2n) is 9.40. The zero-order valence-electron chi connectivity index (χ0n) is 21.5. The van der Waals surface area contributed by atoms with Crippen LogP contribution in [0.2, 0.25) is 5.02 Å². The zero-order valence-corrected chi connectivity index (χ0v) is 23.9. The molecule has 1 N–H and O–H groups in total. The van der Waals surface area contributed by atoms with Gasteiger partial charge in [-0.1, -0.05) is 54.4 Å². The zero-order chi connectivity index (χ0) is 26.8. The summed E-state index contributed by atoms with van der Waals surface area (Å²) < 4.78 is 1.82. The summed E-state index contributed by atoms with van der Waals surface area (Å²) >= 11 is 9.45. The molecule has 0 radical (unpaired) electrons. The number of anilines is 1. The quantitative estimate of drug-likeness (QED) is 0.273. The number of rotatable bonds is 7. The third-order valence-corrected chi connectivity index (χ3v) is 9.18. The third-order valence-electron chi connectivity index (χ3n) is 6.61. The Kier molecular flexibility index (Phi) is 7.93. The first kappa shape index (κ1) is 26.5. The number of halogens is 1. The summed E-state index contributed by atoms with van der Waals surface area (Å²) in [7, 11) is 0. The number of thioether (sulfide) groups is 1. The van der Waals surface area contributed by atoms with Gasteiger partial charge in [0.1, 0.15) is 12.4 Å². The number of hydrogen-bond donors (Lipinski definition) is 1. The maximum absolute atomic E-state index is 13.7. The van der Waals surface area contributed by atoms with Gasteiger partial charge in [0.25, 0.3) is 0 Å². The molecule has 9 heteroatoms. The van der Waals surface area contributed by atoms with E-state index in [1.54, 1.807) is 28.0 Å². The topological polar surface area (TPSA) is 67.2 Å². The lowest BCUT2D eigenvalue weighted by molar-refractivity contribution is -0.123. The van der Waals surface area contributed by atoms with Crippen molar-refractivity contribution in [2.24, 2.45) is 0 Å². The molecule has 5 rings (SSSR count). The number of hydrogen-bond acceptors (Lipinski definition) is 5. The molecule has 0 spiro atoms. The molecule has 0 saturated carbocycles. The van der Waals surface area contributed by atoms with Crippen LogP contribution in [-0.2, 0) is 9.59 Å². The fraction of sp³-hybridized carbons (Fsp3) is 0.276. The van der Waals surface area contributed by atoms with E-state index in [4.69, 9.17) is 16.7 Å². The first-order valence-corrected chi connectivity index (χ1v) is 14.9. The van der Waals surface area contributed by atoms with Gasteiger partial charge in [-0.2, -0.15) is 5.10 Å². The van der Waals surface area contributed by atoms with Crippen molar-refractivity contribution in [3.8, 4) is 16.9 Å². The number of fused-ring (bicyclic) bond motifs is 1. The molecule has 196 valence electrons. The molecule has 3 heterocycles. The molecule has 2 atom stereocenters. The predicted molar refractivity (Wildman–Crippen MR) is 158 cm³/mol. The molecule has 2 aromatic carbocycles. The van der Waals surface area contributed by atoms with Crippen LogP contribution >= 0.6 is 34.7 Å². The lowest BCUT2D eigenvalue weighted by atomic mass is 10.0. The molecule has 0 bridgehead atoms. The molecule has 1 aliphatic rings. The van der Waals surface area contributed by atoms with Crippen LogP contribution in [0.3, 0.4) is 0 Å². The highest BCUT2D eigenvalue weighted by Gasteiger charge is 2.38. The van der Waals surface area contributed by atoms with Crippen LogP contribution < -0.4 is 10.2 Å². The Morgan fingerprint density at radius 1 is 1.16 bits per heavy atom. The average molecular weight is 565 g/mol. The molecule has 0 saturated heterocycles. The molecular weight excluding hydrogens is 536 g/mol. The van der Waals surface area contributed by atoms with Gasteiger partial charge in [-0.15, -0.1) is 23.1 Å². The van der Waals surface area contributed by atoms with Gasteiger partial charge in [0.15, 0.2) is 0 Å². The normalized spacial score (nSPS) is 16.2. The number of carbonyl (C=O) groups excluding carboxylic acids is 2. The third kappa shape index (κ3) is 5.39. The number of benzene rings is 2. The molecule has 1 aliphatic heterocycles. The van der Waals surface area contributed by atoms with E-state index >= 15 is 0 Å². The fourth-order valence-electron chi connectivity index (χ4n) is 4.44. The highest BCUT2D eigenvalue weighted by Crippen LogP contribution is 2.49. The van der Waals surface area contributed by atoms with E-state index in [0.29, 0.717) is 10.8 Å². The summed E-state index contributed by atoms with van der Waals surface area (Å²) in [5.41, 5.74) is 4.53. The highest BCUT2D eigenvalue weighted by molar-refractivity contribution is 8.00. The Morgan fingerprint density at radius 2 is 1.89 bits per heavy atom. The first-order valence-electron chi connectivity index (χ1n) is 12.6. The van der Waals surface area contributed by atoms with E-state index in [1.165, 1.54) is 0 Å². The molecule has 2 amide bonds. The molecule has 0 unspecified atom stereocenters. The van der Waals surface area contributed by atoms with E-state index < -0.39 is 0 Å². The van der Waals surface area contributed by atoms with Gasteiger partial charge in [0, 0.05) is 27.1 Å². The van der Waals surface area contributed by atoms with Gasteiger partial charge in [-0.3, -0.25) is 14.5 Å². The lowest BCUT2D eigenvalue weighted by Gasteiger charge is -2.24. The van der Waals surface area contributed by atoms with Gasteiger partial charge in [0.05, 0.1) is 22.4 Å². The van der Waals surface area contributed by atoms with Crippen LogP contribution in [0.4, 0.5) is 5.82 Å². The summed E-state index contributed by atoms with van der Waals surface area (Å²) in [4.78, 5) is 29.5. The molecule has 4 aromatic rings. The van der Waals surface area contributed by atoms with Gasteiger partial charge in [-0.25, -0.2) is 4.68 Å². The Hall–Kier alpha value is -3.07. The Morgan fingerprint density at radius 3 is 2.55 bits per heavy atom. The summed E-state index contributed by atoms with van der Waals surface area (Å²) in [5, 5.41) is 10.7. The van der Waals surface area contributed by atoms with Gasteiger partial charge >= 0.3 is 0 Å². The minimum Gasteiger partial charge on any atom is -0.352 e. The van der Waals surface area contributed by atoms with Crippen LogP contribution in [0.5, 0.6) is 0 Å². The second-order valence-corrected chi connectivity index (χ2v) is 11.9. The minimum absolute atomic E-state index is 0.0175. The molecule has 6 nitrogen and oxygen atoms in total. The summed E-state index contributed by atoms with van der Waals surface area (Å²) in [6, 6.07) is 19.8. The number of amides is 2. The number of aromatic nitrogens is 2. The Balaban J connectivity index is 1.76. The molecule has 0 fully saturated rings. The predicted octanol–water partition coefficient (Wildman–Crippen LogP) is 6.65. The van der Waals surface area contributed by atoms with Crippen molar-refractivity contribution in [2.75, 3.05) is 17.2 Å². The van der Waals surface area contributed by atoms with Crippen molar-refractivity contribution < 1.29 is 9.59 Å². The van der Waals surface area contributed by atoms with Crippen LogP contribution in [-0.4, -0.2) is 39.9 Å². The van der Waals surface area contributed by atoms with Crippen molar-refractivity contribution >= 4 is 52.3 Å². The Bertz CT molecular complexity index is 1430. The number of carbonyl (C=O) groups is 2. The number of nitrogens with one attached hydrogen (secondary N) is 1. The van der Waals surface area contributed by atoms with Crippen molar-refractivity contribution in [1.82, 2.24) is 15.1 Å². The first-order chi connectivity index (χ1) is 18.4. The van der Waals surface area contributed by atoms with Crippen LogP contribution in [0.15, 0.2) is 66.0 Å². The van der Waals surface area contributed by atoms with Crippen LogP contribution in [0.1, 0.15) is 41.5 Å². The molecule has 0 aliphatic carbocycles. The smallest absolute Gasteiger partial charge is 0.240 e. The van der Waals surface area contributed by atoms with Gasteiger partial charge in [0.2, 0.25) is 11.8 Å². The van der Waals surface area contributed by atoms with E-state index in [9.17, 15) is 9.59 Å². The van der Waals surface area contributed by atoms with Crippen LogP contribution in [0.25, 0.3) is 16.9 Å². The molecular formula is C29H29ClN4O2S2. The monoisotopic (exact) mass is 564 g/mol. The Labute approximate surface area is 236 Å². The van der Waals surface area contributed by atoms with E-state index in [-0.39, 0.29) is 35.4 Å². The standard InChI is InChI=1S/C29H29ClN4O2S2/c1-4-19(3)31-24(35)16-33-25(36)17-38-28(23-6-5-15-37-23)26-27(20-9-11-21(30)12-10-20)32-34(29(26)33)22-13-7-18(2)8-14-22/h5-15,19,28H,4,16-17H2,1-3H3,(H,31,35)/t19-,28-/m0/s1. The number of aryl methyl sites for hydroxylation is 1. The summed E-state index contributed by atoms with van der Waals surface area (Å²) in [5.74, 6) is 0.571. The SMILES string of the molecule is CC[C@H](C)NC(=O)CN1C(=O)CS[C@@H](c2cccs2)c2c(-c3ccc(Cl)cc3)nn(-c3ccc(C)cc3)c21. The van der Waals surface area contributed by atoms with E-state index in [1.807, 2.05) is 85.4 Å². The molecule has 38 heavy (non-hydrogen) atoms. The minimum atomic E-state index is -0.192. The van der Waals surface area contributed by atoms with E-state index in [2.05, 4.69) is 11.4 Å². The molecule has 2 aromatic heterocycles. The summed E-state index contributed by atoms with van der Waals surface area (Å²) in [6.07, 6.45) is 0.809. The maximum Gasteiger partial charge on any atom is 0.240 e. The lowest BCUT2D eigenvalue weighted by Crippen LogP contribution is -2.44. The number of nitrogens with zero attached hydrogens (tertiary/aromatic N) is 3. The van der Waals surface area contributed by atoms with Crippen LogP contribution in [0, 0.1) is 6.92 Å². The van der Waals surface area contributed by atoms with Gasteiger partial charge in [-0.05, 0) is 56.0 Å². The summed E-state index contributed by atoms with van der Waals surface area (Å²) in [6.45, 7) is 5.94. The second kappa shape index (κ2) is 11.4. The van der Waals surface area contributed by atoms with Crippen molar-refractivity contribution in [1.29, 1.82) is 0 Å². The van der Waals surface area contributed by atoms with Crippen molar-refractivity contribution in [3.05, 3.63) is 87.1 Å². The average Bonchev–Trinajstić information content (AvgIpc) is 3.55. The van der Waals surface area contributed by atoms with Crippen molar-refractivity contribution in [2.45, 2.75) is 38.5 Å². The van der Waals surface area contributed by atoms with Gasteiger partial charge < -0.3 is 5.32 Å².